The molecule has 2 aromatic rings. The van der Waals surface area contributed by atoms with E-state index in [1.807, 2.05) is 0 Å². The highest BCUT2D eigenvalue weighted by Gasteiger charge is 2.05. The van der Waals surface area contributed by atoms with Crippen LogP contribution in [0.15, 0.2) is 17.5 Å². The molecule has 0 aliphatic carbocycles. The number of anilines is 1. The molecule has 0 aliphatic rings. The van der Waals surface area contributed by atoms with Crippen LogP contribution in [0, 0.1) is 6.92 Å². The number of halogens is 2. The third kappa shape index (κ3) is 2.64. The fourth-order valence-corrected chi connectivity index (χ4v) is 2.39. The van der Waals surface area contributed by atoms with Gasteiger partial charge in [0.25, 0.3) is 0 Å². The van der Waals surface area contributed by atoms with Crippen molar-refractivity contribution in [3.05, 3.63) is 38.3 Å². The van der Waals surface area contributed by atoms with Crippen LogP contribution in [-0.4, -0.2) is 10.2 Å². The van der Waals surface area contributed by atoms with Gasteiger partial charge in [-0.2, -0.15) is 0 Å². The Kier molecular flexibility index (Phi) is 3.63. The lowest BCUT2D eigenvalue weighted by molar-refractivity contribution is 1.02. The third-order valence-corrected chi connectivity index (χ3v) is 3.61. The van der Waals surface area contributed by atoms with Crippen molar-refractivity contribution in [2.45, 2.75) is 13.5 Å². The number of nitrogens with zero attached hydrogens (tertiary/aromatic N) is 2. The van der Waals surface area contributed by atoms with Gasteiger partial charge in [0.2, 0.25) is 0 Å². The minimum absolute atomic E-state index is 0.329. The van der Waals surface area contributed by atoms with Gasteiger partial charge in [0.05, 0.1) is 5.69 Å². The maximum atomic E-state index is 5.88. The average Bonchev–Trinajstić information content (AvgIpc) is 2.66. The summed E-state index contributed by atoms with van der Waals surface area (Å²) >= 11 is 13.3. The van der Waals surface area contributed by atoms with Crippen molar-refractivity contribution in [3.8, 4) is 0 Å². The Hall–Kier alpha value is -0.840. The van der Waals surface area contributed by atoms with Crippen LogP contribution in [0.1, 0.15) is 10.4 Å². The minimum Gasteiger partial charge on any atom is -0.378 e. The number of hydrogen-bond acceptors (Lipinski definition) is 4. The van der Waals surface area contributed by atoms with Crippen LogP contribution in [0.25, 0.3) is 0 Å². The van der Waals surface area contributed by atoms with Crippen LogP contribution >= 0.6 is 34.5 Å². The SMILES string of the molecule is Cc1ccsc1CNc1cc(Cl)nnc1Cl. The van der Waals surface area contributed by atoms with Gasteiger partial charge in [-0.25, -0.2) is 0 Å². The first-order valence-electron chi connectivity index (χ1n) is 4.62. The number of aryl methyl sites for hydroxylation is 1. The molecule has 0 amide bonds. The summed E-state index contributed by atoms with van der Waals surface area (Å²) in [4.78, 5) is 1.27. The predicted molar refractivity (Wildman–Crippen MR) is 68.4 cm³/mol. The number of rotatable bonds is 3. The Morgan fingerprint density at radius 3 is 2.88 bits per heavy atom. The molecule has 84 valence electrons. The largest absolute Gasteiger partial charge is 0.378 e. The quantitative estimate of drug-likeness (QED) is 0.925. The molecule has 0 aromatic carbocycles. The van der Waals surface area contributed by atoms with Crippen LogP contribution in [0.5, 0.6) is 0 Å². The Balaban J connectivity index is 2.10. The molecule has 1 N–H and O–H groups in total. The van der Waals surface area contributed by atoms with Gasteiger partial charge in [-0.15, -0.1) is 21.5 Å². The van der Waals surface area contributed by atoms with Crippen LogP contribution in [0.4, 0.5) is 5.69 Å². The Bertz CT molecular complexity index is 499. The van der Waals surface area contributed by atoms with Gasteiger partial charge in [-0.05, 0) is 23.9 Å². The number of hydrogen-bond donors (Lipinski definition) is 1. The van der Waals surface area contributed by atoms with Gasteiger partial charge in [-0.1, -0.05) is 23.2 Å². The van der Waals surface area contributed by atoms with Crippen LogP contribution in [-0.2, 0) is 6.54 Å². The minimum atomic E-state index is 0.329. The van der Waals surface area contributed by atoms with Gasteiger partial charge in [0, 0.05) is 17.5 Å². The molecule has 16 heavy (non-hydrogen) atoms. The Morgan fingerprint density at radius 2 is 2.19 bits per heavy atom. The Labute approximate surface area is 107 Å². The van der Waals surface area contributed by atoms with E-state index in [2.05, 4.69) is 33.9 Å². The zero-order valence-corrected chi connectivity index (χ0v) is 10.8. The van der Waals surface area contributed by atoms with Crippen molar-refractivity contribution in [3.63, 3.8) is 0 Å². The van der Waals surface area contributed by atoms with E-state index in [4.69, 9.17) is 23.2 Å². The van der Waals surface area contributed by atoms with Gasteiger partial charge >= 0.3 is 0 Å². The van der Waals surface area contributed by atoms with Crippen LogP contribution < -0.4 is 5.32 Å². The second-order valence-electron chi connectivity index (χ2n) is 3.25. The summed E-state index contributed by atoms with van der Waals surface area (Å²) in [6.07, 6.45) is 0. The molecule has 0 saturated heterocycles. The Morgan fingerprint density at radius 1 is 1.38 bits per heavy atom. The first kappa shape index (κ1) is 11.6. The molecule has 3 nitrogen and oxygen atoms in total. The second-order valence-corrected chi connectivity index (χ2v) is 5.00. The van der Waals surface area contributed by atoms with Gasteiger partial charge in [0.1, 0.15) is 0 Å². The highest BCUT2D eigenvalue weighted by atomic mass is 35.5. The standard InChI is InChI=1S/C10H9Cl2N3S/c1-6-2-3-16-8(6)5-13-7-4-9(11)14-15-10(7)12/h2-4H,5H2,1H3,(H,13,14). The van der Waals surface area contributed by atoms with E-state index in [0.29, 0.717) is 22.5 Å². The summed E-state index contributed by atoms with van der Waals surface area (Å²) < 4.78 is 0. The molecule has 2 aromatic heterocycles. The second kappa shape index (κ2) is 4.99. The van der Waals surface area contributed by atoms with Gasteiger partial charge in [0.15, 0.2) is 10.3 Å². The predicted octanol–water partition coefficient (Wildman–Crippen LogP) is 3.77. The monoisotopic (exact) mass is 273 g/mol. The van der Waals surface area contributed by atoms with E-state index in [0.717, 1.165) is 0 Å². The van der Waals surface area contributed by atoms with Crippen molar-refractivity contribution in [1.82, 2.24) is 10.2 Å². The molecular weight excluding hydrogens is 265 g/mol. The first-order valence-corrected chi connectivity index (χ1v) is 6.26. The average molecular weight is 274 g/mol. The highest BCUT2D eigenvalue weighted by molar-refractivity contribution is 7.10. The molecule has 0 spiro atoms. The zero-order chi connectivity index (χ0) is 11.5. The molecule has 0 saturated carbocycles. The molecule has 6 heteroatoms. The van der Waals surface area contributed by atoms with E-state index in [1.54, 1.807) is 17.4 Å². The number of aromatic nitrogens is 2. The molecule has 2 rings (SSSR count). The molecule has 0 fully saturated rings. The lowest BCUT2D eigenvalue weighted by Crippen LogP contribution is -2.01. The van der Waals surface area contributed by atoms with E-state index in [9.17, 15) is 0 Å². The lowest BCUT2D eigenvalue weighted by atomic mass is 10.3. The molecule has 0 unspecified atom stereocenters. The summed E-state index contributed by atoms with van der Waals surface area (Å²) in [7, 11) is 0. The first-order chi connectivity index (χ1) is 7.66. The maximum absolute atomic E-state index is 5.88. The van der Waals surface area contributed by atoms with Gasteiger partial charge < -0.3 is 5.32 Å². The summed E-state index contributed by atoms with van der Waals surface area (Å²) in [5.74, 6) is 0. The molecule has 2 heterocycles. The fraction of sp³-hybridized carbons (Fsp3) is 0.200. The fourth-order valence-electron chi connectivity index (χ4n) is 1.24. The van der Waals surface area contributed by atoms with Crippen molar-refractivity contribution in [2.24, 2.45) is 0 Å². The molecular formula is C10H9Cl2N3S. The van der Waals surface area contributed by atoms with Crippen molar-refractivity contribution < 1.29 is 0 Å². The van der Waals surface area contributed by atoms with Crippen molar-refractivity contribution in [2.75, 3.05) is 5.32 Å². The third-order valence-electron chi connectivity index (χ3n) is 2.13. The van der Waals surface area contributed by atoms with Crippen LogP contribution in [0.3, 0.4) is 0 Å². The zero-order valence-electron chi connectivity index (χ0n) is 8.50. The maximum Gasteiger partial charge on any atom is 0.174 e. The van der Waals surface area contributed by atoms with Gasteiger partial charge in [-0.3, -0.25) is 0 Å². The van der Waals surface area contributed by atoms with E-state index < -0.39 is 0 Å². The summed E-state index contributed by atoms with van der Waals surface area (Å²) in [6, 6.07) is 3.75. The van der Waals surface area contributed by atoms with Crippen LogP contribution in [0.2, 0.25) is 10.3 Å². The molecule has 0 atom stereocenters. The topological polar surface area (TPSA) is 37.8 Å². The van der Waals surface area contributed by atoms with E-state index in [1.165, 1.54) is 10.4 Å². The molecule has 0 radical (unpaired) electrons. The normalized spacial score (nSPS) is 10.4. The summed E-state index contributed by atoms with van der Waals surface area (Å²) in [5, 5.41) is 13.3. The lowest BCUT2D eigenvalue weighted by Gasteiger charge is -2.06. The summed E-state index contributed by atoms with van der Waals surface area (Å²) in [5.41, 5.74) is 1.97. The smallest absolute Gasteiger partial charge is 0.174 e. The van der Waals surface area contributed by atoms with E-state index >= 15 is 0 Å². The highest BCUT2D eigenvalue weighted by Crippen LogP contribution is 2.23. The number of nitrogens with one attached hydrogen (secondary N) is 1. The summed E-state index contributed by atoms with van der Waals surface area (Å²) in [6.45, 7) is 2.79. The molecule has 0 bridgehead atoms. The van der Waals surface area contributed by atoms with E-state index in [-0.39, 0.29) is 0 Å². The van der Waals surface area contributed by atoms with Crippen molar-refractivity contribution >= 4 is 40.2 Å². The molecule has 0 aliphatic heterocycles. The number of thiophene rings is 1. The van der Waals surface area contributed by atoms with Crippen molar-refractivity contribution in [1.29, 1.82) is 0 Å².